The van der Waals surface area contributed by atoms with E-state index in [-0.39, 0.29) is 23.4 Å². The zero-order valence-electron chi connectivity index (χ0n) is 23.3. The number of hydrogen-bond donors (Lipinski definition) is 1. The summed E-state index contributed by atoms with van der Waals surface area (Å²) in [5, 5.41) is 4.19. The van der Waals surface area contributed by atoms with Crippen LogP contribution < -0.4 is 9.62 Å². The number of para-hydroxylation sites is 1. The average molecular weight is 651 g/mol. The van der Waals surface area contributed by atoms with E-state index in [2.05, 4.69) is 5.32 Å². The molecular weight excluding hydrogens is 617 g/mol. The summed E-state index contributed by atoms with van der Waals surface area (Å²) >= 11 is 19.0. The zero-order chi connectivity index (χ0) is 30.3. The number of carbonyl (C=O) groups is 2. The highest BCUT2D eigenvalue weighted by atomic mass is 35.5. The number of amides is 2. The van der Waals surface area contributed by atoms with Gasteiger partial charge in [-0.2, -0.15) is 0 Å². The minimum Gasteiger partial charge on any atom is -0.352 e. The summed E-state index contributed by atoms with van der Waals surface area (Å²) in [6.45, 7) is 1.20. The van der Waals surface area contributed by atoms with Crippen molar-refractivity contribution < 1.29 is 18.0 Å². The minimum atomic E-state index is -4.19. The van der Waals surface area contributed by atoms with E-state index in [0.29, 0.717) is 32.7 Å². The maximum absolute atomic E-state index is 14.2. The fourth-order valence-electron chi connectivity index (χ4n) is 5.17. The van der Waals surface area contributed by atoms with E-state index in [1.165, 1.54) is 29.2 Å². The van der Waals surface area contributed by atoms with Gasteiger partial charge in [-0.1, -0.05) is 85.3 Å². The van der Waals surface area contributed by atoms with Gasteiger partial charge in [-0.15, -0.1) is 0 Å². The molecule has 7 nitrogen and oxygen atoms in total. The Morgan fingerprint density at radius 1 is 0.881 bits per heavy atom. The molecule has 0 saturated heterocycles. The molecule has 0 aliphatic heterocycles. The summed E-state index contributed by atoms with van der Waals surface area (Å²) in [5.41, 5.74) is 0.779. The van der Waals surface area contributed by atoms with Crippen LogP contribution in [0, 0.1) is 0 Å². The zero-order valence-corrected chi connectivity index (χ0v) is 26.4. The molecule has 224 valence electrons. The van der Waals surface area contributed by atoms with E-state index in [1.54, 1.807) is 48.5 Å². The van der Waals surface area contributed by atoms with Crippen LogP contribution in [0.15, 0.2) is 77.7 Å². The lowest BCUT2D eigenvalue weighted by molar-refractivity contribution is -0.140. The van der Waals surface area contributed by atoms with Gasteiger partial charge in [0.05, 0.1) is 10.6 Å². The van der Waals surface area contributed by atoms with Crippen molar-refractivity contribution in [2.24, 2.45) is 0 Å². The van der Waals surface area contributed by atoms with Gasteiger partial charge in [-0.25, -0.2) is 8.42 Å². The molecule has 0 heterocycles. The SMILES string of the molecule is CC[C@@H](C(=O)NC1CCCCC1)N(Cc1c(Cl)cccc1Cl)C(=O)CN(c1ccccc1)S(=O)(=O)c1ccc(Cl)cc1. The summed E-state index contributed by atoms with van der Waals surface area (Å²) < 4.78 is 28.8. The van der Waals surface area contributed by atoms with Crippen LogP contribution in [0.4, 0.5) is 5.69 Å². The van der Waals surface area contributed by atoms with Gasteiger partial charge in [0.25, 0.3) is 10.0 Å². The lowest BCUT2D eigenvalue weighted by Crippen LogP contribution is -2.54. The normalized spacial score (nSPS) is 14.7. The van der Waals surface area contributed by atoms with Crippen LogP contribution >= 0.6 is 34.8 Å². The number of nitrogens with one attached hydrogen (secondary N) is 1. The highest BCUT2D eigenvalue weighted by molar-refractivity contribution is 7.92. The third-order valence-electron chi connectivity index (χ3n) is 7.45. The Morgan fingerprint density at radius 2 is 1.50 bits per heavy atom. The van der Waals surface area contributed by atoms with Crippen molar-refractivity contribution in [2.45, 2.75) is 69.0 Å². The molecule has 4 rings (SSSR count). The predicted molar refractivity (Wildman–Crippen MR) is 169 cm³/mol. The Labute approximate surface area is 262 Å². The standard InChI is InChI=1S/C31H34Cl3N3O4S/c1-2-29(31(39)35-23-10-5-3-6-11-23)36(20-26-27(33)14-9-15-28(26)34)30(38)21-37(24-12-7-4-8-13-24)42(40,41)25-18-16-22(32)17-19-25/h4,7-9,12-19,23,29H,2-3,5-6,10-11,20-21H2,1H3,(H,35,39)/t29-/m0/s1. The van der Waals surface area contributed by atoms with E-state index >= 15 is 0 Å². The molecule has 1 saturated carbocycles. The second-order valence-corrected chi connectivity index (χ2v) is 13.4. The topological polar surface area (TPSA) is 86.8 Å². The van der Waals surface area contributed by atoms with Crippen LogP contribution in [0.2, 0.25) is 15.1 Å². The summed E-state index contributed by atoms with van der Waals surface area (Å²) in [4.78, 5) is 29.2. The lowest BCUT2D eigenvalue weighted by Gasteiger charge is -2.34. The molecule has 11 heteroatoms. The fourth-order valence-corrected chi connectivity index (χ4v) is 7.23. The second kappa shape index (κ2) is 14.6. The molecule has 3 aromatic rings. The van der Waals surface area contributed by atoms with Crippen LogP contribution in [0.1, 0.15) is 51.0 Å². The van der Waals surface area contributed by atoms with E-state index in [0.717, 1.165) is 36.4 Å². The average Bonchev–Trinajstić information content (AvgIpc) is 2.98. The number of sulfonamides is 1. The molecular formula is C31H34Cl3N3O4S. The first kappa shape index (κ1) is 32.1. The third kappa shape index (κ3) is 7.78. The summed E-state index contributed by atoms with van der Waals surface area (Å²) in [6, 6.07) is 18.3. The number of rotatable bonds is 11. The second-order valence-electron chi connectivity index (χ2n) is 10.3. The number of anilines is 1. The van der Waals surface area contributed by atoms with E-state index in [4.69, 9.17) is 34.8 Å². The van der Waals surface area contributed by atoms with Crippen molar-refractivity contribution in [1.29, 1.82) is 0 Å². The van der Waals surface area contributed by atoms with E-state index in [1.807, 2.05) is 6.92 Å². The Morgan fingerprint density at radius 3 is 2.10 bits per heavy atom. The van der Waals surface area contributed by atoms with Crippen LogP contribution in [0.25, 0.3) is 0 Å². The Bertz CT molecular complexity index is 1460. The monoisotopic (exact) mass is 649 g/mol. The molecule has 1 atom stereocenters. The quantitative estimate of drug-likeness (QED) is 0.240. The fraction of sp³-hybridized carbons (Fsp3) is 0.355. The Hall–Kier alpha value is -2.78. The molecule has 2 amide bonds. The van der Waals surface area contributed by atoms with Crippen molar-refractivity contribution in [3.05, 3.63) is 93.4 Å². The first-order valence-corrected chi connectivity index (χ1v) is 16.5. The van der Waals surface area contributed by atoms with Gasteiger partial charge in [0.1, 0.15) is 12.6 Å². The van der Waals surface area contributed by atoms with Gasteiger partial charge in [0.15, 0.2) is 0 Å². The maximum atomic E-state index is 14.2. The van der Waals surface area contributed by atoms with Gasteiger partial charge < -0.3 is 10.2 Å². The number of carbonyl (C=O) groups excluding carboxylic acids is 2. The maximum Gasteiger partial charge on any atom is 0.264 e. The van der Waals surface area contributed by atoms with Crippen molar-refractivity contribution in [1.82, 2.24) is 10.2 Å². The van der Waals surface area contributed by atoms with Crippen molar-refractivity contribution in [3.8, 4) is 0 Å². The summed E-state index contributed by atoms with van der Waals surface area (Å²) in [7, 11) is -4.19. The highest BCUT2D eigenvalue weighted by Crippen LogP contribution is 2.29. The van der Waals surface area contributed by atoms with Gasteiger partial charge in [0.2, 0.25) is 11.8 Å². The van der Waals surface area contributed by atoms with Crippen molar-refractivity contribution in [2.75, 3.05) is 10.8 Å². The predicted octanol–water partition coefficient (Wildman–Crippen LogP) is 7.10. The van der Waals surface area contributed by atoms with Crippen molar-refractivity contribution >= 4 is 62.3 Å². The van der Waals surface area contributed by atoms with Crippen LogP contribution in [0.5, 0.6) is 0 Å². The number of nitrogens with zero attached hydrogens (tertiary/aromatic N) is 2. The largest absolute Gasteiger partial charge is 0.352 e. The van der Waals surface area contributed by atoms with Crippen LogP contribution in [0.3, 0.4) is 0 Å². The number of hydrogen-bond acceptors (Lipinski definition) is 4. The number of benzene rings is 3. The number of halogens is 3. The smallest absolute Gasteiger partial charge is 0.264 e. The molecule has 0 unspecified atom stereocenters. The highest BCUT2D eigenvalue weighted by Gasteiger charge is 2.35. The molecule has 0 radical (unpaired) electrons. The Balaban J connectivity index is 1.72. The molecule has 1 aliphatic carbocycles. The van der Waals surface area contributed by atoms with E-state index in [9.17, 15) is 18.0 Å². The van der Waals surface area contributed by atoms with Crippen LogP contribution in [-0.4, -0.2) is 43.8 Å². The minimum absolute atomic E-state index is 0.0219. The first-order valence-electron chi connectivity index (χ1n) is 14.0. The molecule has 0 aromatic heterocycles. The molecule has 0 spiro atoms. The van der Waals surface area contributed by atoms with Gasteiger partial charge in [0, 0.05) is 33.2 Å². The van der Waals surface area contributed by atoms with Gasteiger partial charge in [-0.05, 0) is 67.8 Å². The first-order chi connectivity index (χ1) is 20.1. The lowest BCUT2D eigenvalue weighted by atomic mass is 9.95. The molecule has 1 N–H and O–H groups in total. The molecule has 3 aromatic carbocycles. The Kier molecular flexibility index (Phi) is 11.2. The molecule has 1 aliphatic rings. The summed E-state index contributed by atoms with van der Waals surface area (Å²) in [6.07, 6.45) is 5.28. The van der Waals surface area contributed by atoms with Gasteiger partial charge in [-0.3, -0.25) is 13.9 Å². The molecule has 1 fully saturated rings. The van der Waals surface area contributed by atoms with Crippen molar-refractivity contribution in [3.63, 3.8) is 0 Å². The van der Waals surface area contributed by atoms with E-state index < -0.39 is 28.5 Å². The van der Waals surface area contributed by atoms with Crippen LogP contribution in [-0.2, 0) is 26.2 Å². The third-order valence-corrected chi connectivity index (χ3v) is 10.2. The summed E-state index contributed by atoms with van der Waals surface area (Å²) in [5.74, 6) is -0.856. The van der Waals surface area contributed by atoms with Gasteiger partial charge >= 0.3 is 0 Å². The molecule has 0 bridgehead atoms. The molecule has 42 heavy (non-hydrogen) atoms.